The molecule has 0 aliphatic rings. The minimum Gasteiger partial charge on any atom is -0.493 e. The van der Waals surface area contributed by atoms with Gasteiger partial charge in [-0.2, -0.15) is 0 Å². The molecule has 0 amide bonds. The molecule has 0 aliphatic carbocycles. The molecule has 0 bridgehead atoms. The summed E-state index contributed by atoms with van der Waals surface area (Å²) in [6.07, 6.45) is 0. The number of nitrogens with zero attached hydrogens (tertiary/aromatic N) is 1. The molecule has 0 saturated heterocycles. The first-order chi connectivity index (χ1) is 12.6. The van der Waals surface area contributed by atoms with Gasteiger partial charge >= 0.3 is 5.97 Å². The van der Waals surface area contributed by atoms with E-state index >= 15 is 0 Å². The van der Waals surface area contributed by atoms with Crippen molar-refractivity contribution in [3.8, 4) is 23.0 Å². The number of benzene rings is 2. The zero-order valence-corrected chi connectivity index (χ0v) is 14.8. The summed E-state index contributed by atoms with van der Waals surface area (Å²) in [5, 5.41) is 0. The van der Waals surface area contributed by atoms with Crippen molar-refractivity contribution < 1.29 is 23.4 Å². The fraction of sp³-hybridized carbons (Fsp3) is 0.200. The van der Waals surface area contributed by atoms with E-state index in [0.717, 1.165) is 5.56 Å². The summed E-state index contributed by atoms with van der Waals surface area (Å²) in [5.74, 6) is 1.75. The van der Waals surface area contributed by atoms with Crippen LogP contribution in [0.3, 0.4) is 0 Å². The molecule has 6 heteroatoms. The second-order valence-corrected chi connectivity index (χ2v) is 5.53. The Morgan fingerprint density at radius 1 is 1.08 bits per heavy atom. The van der Waals surface area contributed by atoms with Gasteiger partial charge in [-0.25, -0.2) is 9.78 Å². The Morgan fingerprint density at radius 2 is 1.85 bits per heavy atom. The number of aryl methyl sites for hydroxylation is 1. The maximum atomic E-state index is 11.6. The summed E-state index contributed by atoms with van der Waals surface area (Å²) in [7, 11) is 2.84. The third-order valence-electron chi connectivity index (χ3n) is 3.86. The highest BCUT2D eigenvalue weighted by Crippen LogP contribution is 2.30. The molecule has 0 unspecified atom stereocenters. The molecule has 0 atom stereocenters. The summed E-state index contributed by atoms with van der Waals surface area (Å²) in [4.78, 5) is 16.1. The van der Waals surface area contributed by atoms with Gasteiger partial charge in [-0.05, 0) is 37.3 Å². The minimum absolute atomic E-state index is 0.218. The molecular weight excluding hydrogens is 334 g/mol. The average molecular weight is 353 g/mol. The number of carbonyl (C=O) groups excluding carboxylic acids is 1. The second-order valence-electron chi connectivity index (χ2n) is 5.53. The molecule has 3 rings (SSSR count). The van der Waals surface area contributed by atoms with Crippen molar-refractivity contribution in [1.29, 1.82) is 0 Å². The predicted molar refractivity (Wildman–Crippen MR) is 95.3 cm³/mol. The fourth-order valence-electron chi connectivity index (χ4n) is 2.44. The monoisotopic (exact) mass is 353 g/mol. The number of methoxy groups -OCH3 is 2. The van der Waals surface area contributed by atoms with Gasteiger partial charge < -0.3 is 18.6 Å². The van der Waals surface area contributed by atoms with Crippen molar-refractivity contribution in [2.24, 2.45) is 0 Å². The molecule has 0 saturated carbocycles. The van der Waals surface area contributed by atoms with Gasteiger partial charge in [-0.3, -0.25) is 0 Å². The van der Waals surface area contributed by atoms with Crippen LogP contribution in [0.15, 0.2) is 52.9 Å². The first-order valence-electron chi connectivity index (χ1n) is 8.03. The topological polar surface area (TPSA) is 70.8 Å². The predicted octanol–water partition coefficient (Wildman–Crippen LogP) is 4.02. The highest BCUT2D eigenvalue weighted by molar-refractivity contribution is 5.90. The van der Waals surface area contributed by atoms with Crippen LogP contribution < -0.4 is 9.47 Å². The van der Waals surface area contributed by atoms with Gasteiger partial charge in [0.25, 0.3) is 0 Å². The largest absolute Gasteiger partial charge is 0.493 e. The number of oxazole rings is 1. The molecule has 6 nitrogen and oxygen atoms in total. The Labute approximate surface area is 151 Å². The van der Waals surface area contributed by atoms with Crippen LogP contribution in [0.2, 0.25) is 0 Å². The van der Waals surface area contributed by atoms with Crippen LogP contribution in [0.25, 0.3) is 11.5 Å². The van der Waals surface area contributed by atoms with E-state index in [1.54, 1.807) is 18.2 Å². The first kappa shape index (κ1) is 17.5. The van der Waals surface area contributed by atoms with Crippen LogP contribution in [0.4, 0.5) is 0 Å². The molecule has 0 radical (unpaired) electrons. The highest BCUT2D eigenvalue weighted by Gasteiger charge is 2.15. The lowest BCUT2D eigenvalue weighted by atomic mass is 10.2. The van der Waals surface area contributed by atoms with Crippen molar-refractivity contribution >= 4 is 5.97 Å². The zero-order chi connectivity index (χ0) is 18.5. The molecule has 1 heterocycles. The van der Waals surface area contributed by atoms with Gasteiger partial charge in [0.2, 0.25) is 5.89 Å². The van der Waals surface area contributed by atoms with Crippen LogP contribution in [-0.4, -0.2) is 25.2 Å². The normalized spacial score (nSPS) is 10.4. The number of carbonyl (C=O) groups is 1. The molecule has 1 aromatic heterocycles. The Bertz CT molecular complexity index is 902. The van der Waals surface area contributed by atoms with Gasteiger partial charge in [0, 0.05) is 5.56 Å². The molecule has 0 aliphatic heterocycles. The van der Waals surface area contributed by atoms with Crippen molar-refractivity contribution in [3.05, 3.63) is 65.5 Å². The summed E-state index contributed by atoms with van der Waals surface area (Å²) in [6.45, 7) is 2.06. The van der Waals surface area contributed by atoms with Gasteiger partial charge in [0.05, 0.1) is 19.8 Å². The van der Waals surface area contributed by atoms with Crippen molar-refractivity contribution in [2.45, 2.75) is 13.5 Å². The maximum absolute atomic E-state index is 11.6. The van der Waals surface area contributed by atoms with E-state index in [-0.39, 0.29) is 6.61 Å². The smallest absolute Gasteiger partial charge is 0.337 e. The second kappa shape index (κ2) is 7.74. The molecule has 134 valence electrons. The number of ether oxygens (including phenoxy) is 3. The third kappa shape index (κ3) is 3.69. The first-order valence-corrected chi connectivity index (χ1v) is 8.03. The van der Waals surface area contributed by atoms with Crippen molar-refractivity contribution in [1.82, 2.24) is 4.98 Å². The average Bonchev–Trinajstić information content (AvgIpc) is 3.07. The summed E-state index contributed by atoms with van der Waals surface area (Å²) in [6, 6.07) is 14.5. The van der Waals surface area contributed by atoms with Crippen LogP contribution >= 0.6 is 0 Å². The molecule has 26 heavy (non-hydrogen) atoms. The highest BCUT2D eigenvalue weighted by atomic mass is 16.5. The number of hydrogen-bond donors (Lipinski definition) is 0. The zero-order valence-electron chi connectivity index (χ0n) is 14.8. The molecule has 0 fully saturated rings. The fourth-order valence-corrected chi connectivity index (χ4v) is 2.44. The van der Waals surface area contributed by atoms with E-state index in [0.29, 0.717) is 34.4 Å². The van der Waals surface area contributed by atoms with Gasteiger partial charge in [-0.15, -0.1) is 0 Å². The van der Waals surface area contributed by atoms with E-state index < -0.39 is 5.97 Å². The van der Waals surface area contributed by atoms with Crippen LogP contribution in [0, 0.1) is 6.92 Å². The summed E-state index contributed by atoms with van der Waals surface area (Å²) < 4.78 is 21.5. The number of hydrogen-bond acceptors (Lipinski definition) is 6. The molecule has 3 aromatic rings. The molecular formula is C20H19NO5. The Kier molecular flexibility index (Phi) is 5.22. The maximum Gasteiger partial charge on any atom is 0.337 e. The molecule has 2 aromatic carbocycles. The van der Waals surface area contributed by atoms with Gasteiger partial charge in [0.1, 0.15) is 18.1 Å². The van der Waals surface area contributed by atoms with Gasteiger partial charge in [-0.1, -0.05) is 18.2 Å². The Balaban J connectivity index is 1.77. The number of rotatable bonds is 6. The molecule has 0 N–H and O–H groups in total. The van der Waals surface area contributed by atoms with Crippen molar-refractivity contribution in [2.75, 3.05) is 14.2 Å². The van der Waals surface area contributed by atoms with Crippen molar-refractivity contribution in [3.63, 3.8) is 0 Å². The van der Waals surface area contributed by atoms with E-state index in [4.69, 9.17) is 18.6 Å². The van der Waals surface area contributed by atoms with Crippen LogP contribution in [0.5, 0.6) is 11.5 Å². The van der Waals surface area contributed by atoms with E-state index in [9.17, 15) is 4.79 Å². The third-order valence-corrected chi connectivity index (χ3v) is 3.86. The lowest BCUT2D eigenvalue weighted by Crippen LogP contribution is -2.03. The summed E-state index contributed by atoms with van der Waals surface area (Å²) in [5.41, 5.74) is 1.99. The van der Waals surface area contributed by atoms with Gasteiger partial charge in [0.15, 0.2) is 11.5 Å². The van der Waals surface area contributed by atoms with E-state index in [2.05, 4.69) is 4.98 Å². The standard InChI is InChI=1S/C20H19NO5/c1-13-16(21-19(26-13)14-7-5-4-6-8-14)12-25-17-10-9-15(20(22)24-3)11-18(17)23-2/h4-11H,12H2,1-3H3. The van der Waals surface area contributed by atoms with E-state index in [1.165, 1.54) is 14.2 Å². The minimum atomic E-state index is -0.435. The number of esters is 1. The Morgan fingerprint density at radius 3 is 2.54 bits per heavy atom. The summed E-state index contributed by atoms with van der Waals surface area (Å²) >= 11 is 0. The quantitative estimate of drug-likeness (QED) is 0.623. The van der Waals surface area contributed by atoms with Crippen LogP contribution in [0.1, 0.15) is 21.8 Å². The van der Waals surface area contributed by atoms with Crippen LogP contribution in [-0.2, 0) is 11.3 Å². The number of aromatic nitrogens is 1. The SMILES string of the molecule is COC(=O)c1ccc(OCc2nc(-c3ccccc3)oc2C)c(OC)c1. The Hall–Kier alpha value is -3.28. The molecule has 0 spiro atoms. The lowest BCUT2D eigenvalue weighted by molar-refractivity contribution is 0.0600. The van der Waals surface area contributed by atoms with E-state index in [1.807, 2.05) is 37.3 Å². The lowest BCUT2D eigenvalue weighted by Gasteiger charge is -2.11.